The van der Waals surface area contributed by atoms with Gasteiger partial charge in [-0.1, -0.05) is 42.1 Å². The maximum absolute atomic E-state index is 13.3. The summed E-state index contributed by atoms with van der Waals surface area (Å²) in [5, 5.41) is 10.2. The van der Waals surface area contributed by atoms with Crippen molar-refractivity contribution in [2.75, 3.05) is 5.32 Å². The number of hydrogen-bond acceptors (Lipinski definition) is 5. The number of anilines is 1. The predicted octanol–water partition coefficient (Wildman–Crippen LogP) is 5.07. The molecule has 0 atom stereocenters. The first-order chi connectivity index (χ1) is 15.2. The number of thioether (sulfide) groups is 1. The zero-order valence-electron chi connectivity index (χ0n) is 16.4. The molecule has 4 aromatic rings. The summed E-state index contributed by atoms with van der Waals surface area (Å²) in [5.41, 5.74) is 2.98. The first kappa shape index (κ1) is 20.6. The van der Waals surface area contributed by atoms with Crippen molar-refractivity contribution in [1.29, 1.82) is 0 Å². The molecular formula is C23H19FN4O2S. The average molecular weight is 434 g/mol. The van der Waals surface area contributed by atoms with Gasteiger partial charge in [-0.05, 0) is 47.5 Å². The lowest BCUT2D eigenvalue weighted by Gasteiger charge is -2.10. The van der Waals surface area contributed by atoms with Crippen LogP contribution >= 0.6 is 11.8 Å². The van der Waals surface area contributed by atoms with Crippen molar-refractivity contribution in [3.8, 4) is 5.75 Å². The minimum Gasteiger partial charge on any atom is -0.489 e. The normalized spacial score (nSPS) is 10.6. The van der Waals surface area contributed by atoms with Gasteiger partial charge in [-0.2, -0.15) is 5.10 Å². The monoisotopic (exact) mass is 434 g/mol. The number of ether oxygens (including phenoxy) is 1. The third-order valence-electron chi connectivity index (χ3n) is 4.37. The number of carbonyl (C=O) groups excluding carboxylic acids is 1. The van der Waals surface area contributed by atoms with E-state index in [4.69, 9.17) is 4.74 Å². The van der Waals surface area contributed by atoms with Crippen LogP contribution in [0.2, 0.25) is 0 Å². The summed E-state index contributed by atoms with van der Waals surface area (Å²) in [6, 6.07) is 20.8. The van der Waals surface area contributed by atoms with Crippen molar-refractivity contribution < 1.29 is 13.9 Å². The molecule has 0 aliphatic carbocycles. The highest BCUT2D eigenvalue weighted by Crippen LogP contribution is 2.21. The van der Waals surface area contributed by atoms with E-state index in [1.807, 2.05) is 12.1 Å². The number of benzene rings is 3. The number of nitrogens with one attached hydrogen (secondary N) is 2. The second-order valence-corrected chi connectivity index (χ2v) is 7.64. The van der Waals surface area contributed by atoms with Crippen molar-refractivity contribution in [3.63, 3.8) is 0 Å². The molecule has 31 heavy (non-hydrogen) atoms. The number of aromatic amines is 1. The first-order valence-corrected chi connectivity index (χ1v) is 10.5. The number of H-pyrrole nitrogens is 1. The maximum Gasteiger partial charge on any atom is 0.255 e. The lowest BCUT2D eigenvalue weighted by molar-refractivity contribution is 0.102. The Bertz CT molecular complexity index is 1150. The number of halogens is 1. The summed E-state index contributed by atoms with van der Waals surface area (Å²) < 4.78 is 19.0. The van der Waals surface area contributed by atoms with Gasteiger partial charge in [-0.15, -0.1) is 0 Å². The highest BCUT2D eigenvalue weighted by Gasteiger charge is 2.08. The number of nitrogens with zero attached hydrogens (tertiary/aromatic N) is 2. The van der Waals surface area contributed by atoms with Crippen molar-refractivity contribution in [2.24, 2.45) is 0 Å². The Kier molecular flexibility index (Phi) is 6.59. The van der Waals surface area contributed by atoms with E-state index in [1.54, 1.807) is 48.5 Å². The molecule has 0 spiro atoms. The average Bonchev–Trinajstić information content (AvgIpc) is 3.31. The molecule has 0 saturated carbocycles. The topological polar surface area (TPSA) is 79.9 Å². The summed E-state index contributed by atoms with van der Waals surface area (Å²) in [7, 11) is 0. The van der Waals surface area contributed by atoms with E-state index >= 15 is 0 Å². The highest BCUT2D eigenvalue weighted by molar-refractivity contribution is 7.98. The molecule has 0 aliphatic rings. The fraction of sp³-hybridized carbons (Fsp3) is 0.0870. The number of amides is 1. The zero-order valence-corrected chi connectivity index (χ0v) is 17.2. The molecule has 0 radical (unpaired) electrons. The van der Waals surface area contributed by atoms with Crippen LogP contribution < -0.4 is 10.1 Å². The number of carbonyl (C=O) groups is 1. The van der Waals surface area contributed by atoms with E-state index in [1.165, 1.54) is 30.2 Å². The van der Waals surface area contributed by atoms with Crippen LogP contribution in [0.1, 0.15) is 21.5 Å². The molecule has 1 amide bonds. The Labute approximate surface area is 182 Å². The molecule has 1 heterocycles. The Morgan fingerprint density at radius 2 is 1.87 bits per heavy atom. The van der Waals surface area contributed by atoms with Crippen LogP contribution in [0.3, 0.4) is 0 Å². The van der Waals surface area contributed by atoms with Crippen LogP contribution in [-0.2, 0) is 12.4 Å². The smallest absolute Gasteiger partial charge is 0.255 e. The minimum absolute atomic E-state index is 0.211. The van der Waals surface area contributed by atoms with Crippen molar-refractivity contribution >= 4 is 23.4 Å². The number of hydrogen-bond donors (Lipinski definition) is 2. The number of aromatic nitrogens is 3. The second-order valence-electron chi connectivity index (χ2n) is 6.68. The second kappa shape index (κ2) is 9.90. The van der Waals surface area contributed by atoms with Crippen molar-refractivity contribution in [3.05, 3.63) is 102 Å². The van der Waals surface area contributed by atoms with E-state index in [-0.39, 0.29) is 18.3 Å². The highest BCUT2D eigenvalue weighted by atomic mass is 32.2. The van der Waals surface area contributed by atoms with Crippen molar-refractivity contribution in [2.45, 2.75) is 17.5 Å². The van der Waals surface area contributed by atoms with Gasteiger partial charge in [0.15, 0.2) is 5.16 Å². The van der Waals surface area contributed by atoms with Crippen LogP contribution in [0.4, 0.5) is 10.1 Å². The van der Waals surface area contributed by atoms with Gasteiger partial charge in [0, 0.05) is 23.1 Å². The van der Waals surface area contributed by atoms with Gasteiger partial charge < -0.3 is 10.1 Å². The molecule has 4 rings (SSSR count). The van der Waals surface area contributed by atoms with Crippen LogP contribution in [0.25, 0.3) is 0 Å². The van der Waals surface area contributed by atoms with E-state index in [0.717, 1.165) is 22.0 Å². The SMILES string of the molecule is O=C(Nc1cccc(OCc2cccc(F)c2)c1)c1ccc(CSc2ncn[nH]2)cc1. The summed E-state index contributed by atoms with van der Waals surface area (Å²) in [4.78, 5) is 16.6. The molecular weight excluding hydrogens is 415 g/mol. The Morgan fingerprint density at radius 3 is 2.65 bits per heavy atom. The standard InChI is InChI=1S/C23H19FN4O2S/c24-19-4-1-3-17(11-19)13-30-21-6-2-5-20(12-21)27-22(29)18-9-7-16(8-10-18)14-31-23-25-15-26-28-23/h1-12,15H,13-14H2,(H,27,29)(H,25,26,28). The van der Waals surface area contributed by atoms with Crippen molar-refractivity contribution in [1.82, 2.24) is 15.2 Å². The first-order valence-electron chi connectivity index (χ1n) is 9.51. The van der Waals surface area contributed by atoms with Gasteiger partial charge in [0.05, 0.1) is 0 Å². The Morgan fingerprint density at radius 1 is 1.03 bits per heavy atom. The molecule has 0 saturated heterocycles. The molecule has 0 aliphatic heterocycles. The number of rotatable bonds is 8. The molecule has 0 bridgehead atoms. The van der Waals surface area contributed by atoms with Crippen LogP contribution in [-0.4, -0.2) is 21.1 Å². The lowest BCUT2D eigenvalue weighted by Crippen LogP contribution is -2.11. The summed E-state index contributed by atoms with van der Waals surface area (Å²) >= 11 is 1.54. The third kappa shape index (κ3) is 5.93. The molecule has 6 nitrogen and oxygen atoms in total. The van der Waals surface area contributed by atoms with Gasteiger partial charge in [0.25, 0.3) is 5.91 Å². The van der Waals surface area contributed by atoms with Gasteiger partial charge >= 0.3 is 0 Å². The van der Waals surface area contributed by atoms with Crippen LogP contribution in [0.15, 0.2) is 84.3 Å². The van der Waals surface area contributed by atoms with E-state index < -0.39 is 0 Å². The van der Waals surface area contributed by atoms with Crippen LogP contribution in [0.5, 0.6) is 5.75 Å². The molecule has 156 valence electrons. The quantitative estimate of drug-likeness (QED) is 0.379. The molecule has 3 aromatic carbocycles. The Hall–Kier alpha value is -3.65. The predicted molar refractivity (Wildman–Crippen MR) is 118 cm³/mol. The van der Waals surface area contributed by atoms with Crippen LogP contribution in [0, 0.1) is 5.82 Å². The summed E-state index contributed by atoms with van der Waals surface area (Å²) in [5.74, 6) is 0.796. The largest absolute Gasteiger partial charge is 0.489 e. The lowest BCUT2D eigenvalue weighted by atomic mass is 10.1. The summed E-state index contributed by atoms with van der Waals surface area (Å²) in [6.45, 7) is 0.239. The summed E-state index contributed by atoms with van der Waals surface area (Å²) in [6.07, 6.45) is 1.47. The molecule has 0 fully saturated rings. The zero-order chi connectivity index (χ0) is 21.5. The fourth-order valence-electron chi connectivity index (χ4n) is 2.83. The minimum atomic E-state index is -0.301. The van der Waals surface area contributed by atoms with E-state index in [9.17, 15) is 9.18 Å². The van der Waals surface area contributed by atoms with Gasteiger partial charge in [0.1, 0.15) is 24.5 Å². The molecule has 1 aromatic heterocycles. The molecule has 2 N–H and O–H groups in total. The van der Waals surface area contributed by atoms with Gasteiger partial charge in [-0.3, -0.25) is 9.89 Å². The fourth-order valence-corrected chi connectivity index (χ4v) is 3.56. The molecule has 8 heteroatoms. The van der Waals surface area contributed by atoms with Gasteiger partial charge in [0.2, 0.25) is 0 Å². The van der Waals surface area contributed by atoms with Gasteiger partial charge in [-0.25, -0.2) is 9.37 Å². The van der Waals surface area contributed by atoms with E-state index in [0.29, 0.717) is 17.0 Å². The molecule has 0 unspecified atom stereocenters. The third-order valence-corrected chi connectivity index (χ3v) is 5.32. The maximum atomic E-state index is 13.3. The van der Waals surface area contributed by atoms with E-state index in [2.05, 4.69) is 20.5 Å². The Balaban J connectivity index is 1.33.